The third kappa shape index (κ3) is 1.31. The van der Waals surface area contributed by atoms with E-state index in [2.05, 4.69) is 15.9 Å². The average molecular weight is 193 g/mol. The highest BCUT2D eigenvalue weighted by Gasteiger charge is 2.36. The maximum Gasteiger partial charge on any atom is 0.140 e. The molecular weight excluding hydrogens is 183 g/mol. The van der Waals surface area contributed by atoms with Gasteiger partial charge in [-0.25, -0.2) is 0 Å². The molecule has 9 heavy (non-hydrogen) atoms. The third-order valence-corrected chi connectivity index (χ3v) is 2.97. The fourth-order valence-corrected chi connectivity index (χ4v) is 1.59. The van der Waals surface area contributed by atoms with Crippen molar-refractivity contribution in [2.75, 3.05) is 0 Å². The lowest BCUT2D eigenvalue weighted by Crippen LogP contribution is -2.26. The van der Waals surface area contributed by atoms with Gasteiger partial charge in [-0.3, -0.25) is 0 Å². The molecule has 0 amide bonds. The summed E-state index contributed by atoms with van der Waals surface area (Å²) in [7, 11) is 1.95. The maximum absolute atomic E-state index is 9.26. The molecule has 1 fully saturated rings. The molecule has 0 radical (unpaired) electrons. The second-order valence-corrected chi connectivity index (χ2v) is 3.54. The van der Waals surface area contributed by atoms with Gasteiger partial charge in [0.2, 0.25) is 0 Å². The summed E-state index contributed by atoms with van der Waals surface area (Å²) in [5.74, 6) is 0. The van der Waals surface area contributed by atoms with Crippen LogP contribution in [0.4, 0.5) is 0 Å². The zero-order chi connectivity index (χ0) is 7.02. The van der Waals surface area contributed by atoms with Gasteiger partial charge in [0, 0.05) is 6.00 Å². The molecule has 4 heteroatoms. The lowest BCUT2D eigenvalue weighted by Gasteiger charge is -2.07. The molecule has 1 rings (SSSR count). The Hall–Kier alpha value is 0.465. The standard InChI is InChI=1S/C5H10BBrO2/c1-2-4(8)3(7)5(6)9-2/h2-5,8H,6H2,1H3/t2-,3-,4-,5-/m1/s1. The van der Waals surface area contributed by atoms with Crippen molar-refractivity contribution >= 4 is 23.8 Å². The van der Waals surface area contributed by atoms with Crippen molar-refractivity contribution in [1.29, 1.82) is 0 Å². The minimum Gasteiger partial charge on any atom is -0.389 e. The van der Waals surface area contributed by atoms with E-state index >= 15 is 0 Å². The van der Waals surface area contributed by atoms with Crippen molar-refractivity contribution in [2.24, 2.45) is 0 Å². The Morgan fingerprint density at radius 2 is 2.22 bits per heavy atom. The van der Waals surface area contributed by atoms with Crippen molar-refractivity contribution in [1.82, 2.24) is 0 Å². The molecule has 0 saturated carbocycles. The normalized spacial score (nSPS) is 51.9. The second-order valence-electron chi connectivity index (χ2n) is 2.48. The largest absolute Gasteiger partial charge is 0.389 e. The van der Waals surface area contributed by atoms with Crippen LogP contribution in [0.2, 0.25) is 0 Å². The SMILES string of the molecule is B[C@@H]1O[C@H](C)[C@@H](O)[C@H]1Br. The first-order valence-electron chi connectivity index (χ1n) is 3.10. The molecule has 0 bridgehead atoms. The monoisotopic (exact) mass is 192 g/mol. The van der Waals surface area contributed by atoms with Gasteiger partial charge in [0.15, 0.2) is 0 Å². The Morgan fingerprint density at radius 1 is 1.67 bits per heavy atom. The van der Waals surface area contributed by atoms with E-state index in [1.165, 1.54) is 0 Å². The summed E-state index contributed by atoms with van der Waals surface area (Å²) in [5, 5.41) is 9.26. The van der Waals surface area contributed by atoms with Gasteiger partial charge in [-0.1, -0.05) is 15.9 Å². The lowest BCUT2D eigenvalue weighted by atomic mass is 9.96. The van der Waals surface area contributed by atoms with Crippen LogP contribution in [0, 0.1) is 0 Å². The minimum atomic E-state index is -0.347. The van der Waals surface area contributed by atoms with Crippen molar-refractivity contribution < 1.29 is 9.84 Å². The molecule has 0 aromatic rings. The first kappa shape index (κ1) is 7.57. The number of ether oxygens (including phenoxy) is 1. The van der Waals surface area contributed by atoms with E-state index < -0.39 is 0 Å². The highest BCUT2D eigenvalue weighted by atomic mass is 79.9. The van der Waals surface area contributed by atoms with Gasteiger partial charge in [0.1, 0.15) is 7.85 Å². The van der Waals surface area contributed by atoms with Gasteiger partial charge in [0.25, 0.3) is 0 Å². The molecule has 0 aromatic heterocycles. The molecule has 0 aliphatic carbocycles. The van der Waals surface area contributed by atoms with Crippen LogP contribution in [0.5, 0.6) is 0 Å². The second kappa shape index (κ2) is 2.60. The van der Waals surface area contributed by atoms with E-state index in [-0.39, 0.29) is 23.0 Å². The summed E-state index contributed by atoms with van der Waals surface area (Å²) in [6.07, 6.45) is -0.371. The quantitative estimate of drug-likeness (QED) is 0.414. The van der Waals surface area contributed by atoms with Crippen molar-refractivity contribution in [2.45, 2.75) is 30.0 Å². The number of halogens is 1. The highest BCUT2D eigenvalue weighted by Crippen LogP contribution is 2.24. The van der Waals surface area contributed by atoms with E-state index in [1.807, 2.05) is 14.8 Å². The fraction of sp³-hybridized carbons (Fsp3) is 1.00. The van der Waals surface area contributed by atoms with E-state index in [0.29, 0.717) is 0 Å². The van der Waals surface area contributed by atoms with E-state index in [1.54, 1.807) is 0 Å². The molecule has 1 aliphatic rings. The van der Waals surface area contributed by atoms with Gasteiger partial charge >= 0.3 is 0 Å². The molecule has 1 saturated heterocycles. The molecule has 0 unspecified atom stereocenters. The van der Waals surface area contributed by atoms with Crippen LogP contribution >= 0.6 is 15.9 Å². The molecule has 1 heterocycles. The van der Waals surface area contributed by atoms with E-state index in [0.717, 1.165) is 0 Å². The van der Waals surface area contributed by atoms with Crippen LogP contribution in [0.1, 0.15) is 6.92 Å². The zero-order valence-corrected chi connectivity index (χ0v) is 7.13. The predicted molar refractivity (Wildman–Crippen MR) is 41.6 cm³/mol. The maximum atomic E-state index is 9.26. The Labute approximate surface area is 64.1 Å². The van der Waals surface area contributed by atoms with Crippen LogP contribution in [-0.2, 0) is 4.74 Å². The number of hydrogen-bond donors (Lipinski definition) is 1. The number of aliphatic hydroxyl groups excluding tert-OH is 1. The molecule has 0 spiro atoms. The first-order valence-corrected chi connectivity index (χ1v) is 4.02. The van der Waals surface area contributed by atoms with Crippen LogP contribution in [0.25, 0.3) is 0 Å². The van der Waals surface area contributed by atoms with Crippen molar-refractivity contribution in [3.05, 3.63) is 0 Å². The molecule has 1 N–H and O–H groups in total. The first-order chi connectivity index (χ1) is 4.13. The summed E-state index contributed by atoms with van der Waals surface area (Å²) in [6.45, 7) is 1.88. The molecule has 2 nitrogen and oxygen atoms in total. The van der Waals surface area contributed by atoms with Crippen LogP contribution in [0.15, 0.2) is 0 Å². The predicted octanol–water partition coefficient (Wildman–Crippen LogP) is -0.511. The van der Waals surface area contributed by atoms with Gasteiger partial charge in [-0.2, -0.15) is 0 Å². The van der Waals surface area contributed by atoms with Gasteiger partial charge in [0.05, 0.1) is 17.0 Å². The van der Waals surface area contributed by atoms with E-state index in [9.17, 15) is 5.11 Å². The number of hydrogen-bond acceptors (Lipinski definition) is 2. The molecule has 52 valence electrons. The highest BCUT2D eigenvalue weighted by molar-refractivity contribution is 9.09. The zero-order valence-electron chi connectivity index (χ0n) is 5.54. The topological polar surface area (TPSA) is 29.5 Å². The lowest BCUT2D eigenvalue weighted by molar-refractivity contribution is 0.0457. The Balaban J connectivity index is 2.54. The van der Waals surface area contributed by atoms with Crippen molar-refractivity contribution in [3.8, 4) is 0 Å². The van der Waals surface area contributed by atoms with E-state index in [4.69, 9.17) is 4.74 Å². The minimum absolute atomic E-state index is 0.0237. The van der Waals surface area contributed by atoms with Gasteiger partial charge < -0.3 is 9.84 Å². The van der Waals surface area contributed by atoms with Crippen molar-refractivity contribution in [3.63, 3.8) is 0 Å². The smallest absolute Gasteiger partial charge is 0.140 e. The molecular formula is C5H10BBrO2. The van der Waals surface area contributed by atoms with Gasteiger partial charge in [-0.05, 0) is 6.92 Å². The Morgan fingerprint density at radius 3 is 2.33 bits per heavy atom. The fourth-order valence-electron chi connectivity index (χ4n) is 1.03. The van der Waals surface area contributed by atoms with Crippen LogP contribution in [-0.4, -0.2) is 36.0 Å². The molecule has 4 atom stereocenters. The molecule has 0 aromatic carbocycles. The average Bonchev–Trinajstić information content (AvgIpc) is 1.98. The number of aliphatic hydroxyl groups is 1. The van der Waals surface area contributed by atoms with Gasteiger partial charge in [-0.15, -0.1) is 0 Å². The summed E-state index contributed by atoms with van der Waals surface area (Å²) < 4.78 is 5.29. The Bertz CT molecular complexity index is 99.1. The summed E-state index contributed by atoms with van der Waals surface area (Å²) in [5.41, 5.74) is 0. The Kier molecular flexibility index (Phi) is 2.19. The molecule has 1 aliphatic heterocycles. The number of alkyl halides is 1. The third-order valence-electron chi connectivity index (χ3n) is 1.68. The summed E-state index contributed by atoms with van der Waals surface area (Å²) in [4.78, 5) is 0.104. The van der Waals surface area contributed by atoms with Crippen LogP contribution < -0.4 is 0 Å². The van der Waals surface area contributed by atoms with Crippen LogP contribution in [0.3, 0.4) is 0 Å². The summed E-state index contributed by atoms with van der Waals surface area (Å²) in [6, 6.07) is 0.134. The summed E-state index contributed by atoms with van der Waals surface area (Å²) >= 11 is 3.33. The number of rotatable bonds is 0.